The van der Waals surface area contributed by atoms with Crippen LogP contribution in [0.25, 0.3) is 0 Å². The van der Waals surface area contributed by atoms with Gasteiger partial charge in [-0.1, -0.05) is 18.5 Å². The summed E-state index contributed by atoms with van der Waals surface area (Å²) in [6.45, 7) is 3.80. The SMILES string of the molecule is CCc1nc(NC)c(C)c(Oc2ccc(F)cc2Cl)n1. The van der Waals surface area contributed by atoms with Crippen LogP contribution >= 0.6 is 11.6 Å². The Morgan fingerprint density at radius 2 is 2.10 bits per heavy atom. The van der Waals surface area contributed by atoms with Crippen molar-refractivity contribution in [3.8, 4) is 11.6 Å². The molecule has 1 heterocycles. The fourth-order valence-corrected chi connectivity index (χ4v) is 1.91. The Morgan fingerprint density at radius 3 is 2.70 bits per heavy atom. The lowest BCUT2D eigenvalue weighted by Gasteiger charge is -2.13. The second-order valence-electron chi connectivity index (χ2n) is 4.20. The van der Waals surface area contributed by atoms with E-state index in [1.165, 1.54) is 18.2 Å². The van der Waals surface area contributed by atoms with E-state index in [9.17, 15) is 4.39 Å². The van der Waals surface area contributed by atoms with Crippen molar-refractivity contribution >= 4 is 17.4 Å². The summed E-state index contributed by atoms with van der Waals surface area (Å²) in [5.41, 5.74) is 0.769. The van der Waals surface area contributed by atoms with Crippen LogP contribution in [-0.4, -0.2) is 17.0 Å². The number of rotatable bonds is 4. The van der Waals surface area contributed by atoms with Crippen molar-refractivity contribution in [2.45, 2.75) is 20.3 Å². The molecule has 0 fully saturated rings. The highest BCUT2D eigenvalue weighted by molar-refractivity contribution is 6.32. The predicted molar refractivity (Wildman–Crippen MR) is 77.2 cm³/mol. The van der Waals surface area contributed by atoms with E-state index in [0.717, 1.165) is 5.56 Å². The lowest BCUT2D eigenvalue weighted by Crippen LogP contribution is -2.04. The quantitative estimate of drug-likeness (QED) is 0.927. The number of nitrogens with one attached hydrogen (secondary N) is 1. The molecule has 1 aromatic carbocycles. The maximum Gasteiger partial charge on any atom is 0.227 e. The summed E-state index contributed by atoms with van der Waals surface area (Å²) in [4.78, 5) is 8.69. The highest BCUT2D eigenvalue weighted by atomic mass is 35.5. The van der Waals surface area contributed by atoms with E-state index < -0.39 is 5.82 Å². The molecule has 0 bridgehead atoms. The standard InChI is InChI=1S/C14H15ClFN3O/c1-4-12-18-13(17-3)8(2)14(19-12)20-11-6-5-9(16)7-10(11)15/h5-7H,4H2,1-3H3,(H,17,18,19). The summed E-state index contributed by atoms with van der Waals surface area (Å²) in [7, 11) is 1.78. The molecule has 6 heteroatoms. The van der Waals surface area contributed by atoms with E-state index in [-0.39, 0.29) is 5.02 Å². The molecule has 20 heavy (non-hydrogen) atoms. The molecule has 0 aliphatic rings. The maximum atomic E-state index is 13.0. The normalized spacial score (nSPS) is 10.4. The van der Waals surface area contributed by atoms with E-state index in [2.05, 4.69) is 15.3 Å². The fourth-order valence-electron chi connectivity index (χ4n) is 1.70. The van der Waals surface area contributed by atoms with Gasteiger partial charge in [0.1, 0.15) is 23.2 Å². The van der Waals surface area contributed by atoms with Gasteiger partial charge < -0.3 is 10.1 Å². The first-order valence-electron chi connectivity index (χ1n) is 6.23. The van der Waals surface area contributed by atoms with Gasteiger partial charge in [0.05, 0.1) is 10.6 Å². The first kappa shape index (κ1) is 14.5. The van der Waals surface area contributed by atoms with Crippen LogP contribution in [-0.2, 0) is 6.42 Å². The second kappa shape index (κ2) is 6.05. The molecule has 2 rings (SSSR count). The monoisotopic (exact) mass is 295 g/mol. The van der Waals surface area contributed by atoms with E-state index in [0.29, 0.717) is 29.7 Å². The number of benzene rings is 1. The molecule has 0 radical (unpaired) electrons. The van der Waals surface area contributed by atoms with Crippen molar-refractivity contribution in [2.75, 3.05) is 12.4 Å². The fraction of sp³-hybridized carbons (Fsp3) is 0.286. The van der Waals surface area contributed by atoms with Gasteiger partial charge in [-0.15, -0.1) is 0 Å². The maximum absolute atomic E-state index is 13.0. The molecule has 0 atom stereocenters. The molecular weight excluding hydrogens is 281 g/mol. The second-order valence-corrected chi connectivity index (χ2v) is 4.61. The van der Waals surface area contributed by atoms with Gasteiger partial charge in [0.15, 0.2) is 0 Å². The van der Waals surface area contributed by atoms with Crippen LogP contribution in [0.4, 0.5) is 10.2 Å². The van der Waals surface area contributed by atoms with Crippen molar-refractivity contribution in [3.05, 3.63) is 40.4 Å². The minimum atomic E-state index is -0.410. The minimum Gasteiger partial charge on any atom is -0.437 e. The van der Waals surface area contributed by atoms with Crippen LogP contribution in [0.15, 0.2) is 18.2 Å². The van der Waals surface area contributed by atoms with Crippen molar-refractivity contribution in [1.82, 2.24) is 9.97 Å². The summed E-state index contributed by atoms with van der Waals surface area (Å²) < 4.78 is 18.7. The zero-order valence-corrected chi connectivity index (χ0v) is 12.3. The molecule has 0 aliphatic heterocycles. The molecule has 106 valence electrons. The molecular formula is C14H15ClFN3O. The van der Waals surface area contributed by atoms with Crippen molar-refractivity contribution in [1.29, 1.82) is 0 Å². The summed E-state index contributed by atoms with van der Waals surface area (Å²) in [6, 6.07) is 3.97. The van der Waals surface area contributed by atoms with E-state index in [1.807, 2.05) is 13.8 Å². The zero-order chi connectivity index (χ0) is 14.7. The minimum absolute atomic E-state index is 0.201. The summed E-state index contributed by atoms with van der Waals surface area (Å²) in [6.07, 6.45) is 0.683. The lowest BCUT2D eigenvalue weighted by atomic mass is 10.3. The molecule has 0 spiro atoms. The summed E-state index contributed by atoms with van der Waals surface area (Å²) >= 11 is 5.96. The molecule has 0 aliphatic carbocycles. The Morgan fingerprint density at radius 1 is 1.35 bits per heavy atom. The Balaban J connectivity index is 2.42. The van der Waals surface area contributed by atoms with Gasteiger partial charge in [-0.05, 0) is 25.1 Å². The average molecular weight is 296 g/mol. The summed E-state index contributed by atoms with van der Waals surface area (Å²) in [5.74, 6) is 1.72. The van der Waals surface area contributed by atoms with Gasteiger partial charge in [0, 0.05) is 13.5 Å². The van der Waals surface area contributed by atoms with Crippen molar-refractivity contribution < 1.29 is 9.13 Å². The smallest absolute Gasteiger partial charge is 0.227 e. The third-order valence-electron chi connectivity index (χ3n) is 2.80. The third kappa shape index (κ3) is 2.99. The topological polar surface area (TPSA) is 47.0 Å². The molecule has 4 nitrogen and oxygen atoms in total. The van der Waals surface area contributed by atoms with Crippen LogP contribution in [0.1, 0.15) is 18.3 Å². The van der Waals surface area contributed by atoms with Crippen molar-refractivity contribution in [3.63, 3.8) is 0 Å². The Labute approximate surface area is 122 Å². The molecule has 1 aromatic heterocycles. The lowest BCUT2D eigenvalue weighted by molar-refractivity contribution is 0.454. The van der Waals surface area contributed by atoms with E-state index in [1.54, 1.807) is 7.05 Å². The number of anilines is 1. The number of aryl methyl sites for hydroxylation is 1. The van der Waals surface area contributed by atoms with Crippen LogP contribution in [0.5, 0.6) is 11.6 Å². The van der Waals surface area contributed by atoms with Crippen LogP contribution in [0.3, 0.4) is 0 Å². The van der Waals surface area contributed by atoms with E-state index >= 15 is 0 Å². The first-order valence-corrected chi connectivity index (χ1v) is 6.61. The van der Waals surface area contributed by atoms with Gasteiger partial charge in [0.2, 0.25) is 5.88 Å². The Kier molecular flexibility index (Phi) is 4.39. The van der Waals surface area contributed by atoms with Gasteiger partial charge in [-0.25, -0.2) is 9.37 Å². The van der Waals surface area contributed by atoms with Gasteiger partial charge >= 0.3 is 0 Å². The number of halogens is 2. The van der Waals surface area contributed by atoms with E-state index in [4.69, 9.17) is 16.3 Å². The average Bonchev–Trinajstić information content (AvgIpc) is 2.43. The Bertz CT molecular complexity index is 634. The molecule has 1 N–H and O–H groups in total. The predicted octanol–water partition coefficient (Wildman–Crippen LogP) is 3.97. The molecule has 2 aromatic rings. The van der Waals surface area contributed by atoms with Gasteiger partial charge in [0.25, 0.3) is 0 Å². The van der Waals surface area contributed by atoms with Crippen molar-refractivity contribution in [2.24, 2.45) is 0 Å². The molecule has 0 unspecified atom stereocenters. The van der Waals surface area contributed by atoms with Gasteiger partial charge in [-0.3, -0.25) is 0 Å². The largest absolute Gasteiger partial charge is 0.437 e. The van der Waals surface area contributed by atoms with Crippen LogP contribution in [0, 0.1) is 12.7 Å². The molecule has 0 amide bonds. The van der Waals surface area contributed by atoms with Crippen LogP contribution in [0.2, 0.25) is 5.02 Å². The van der Waals surface area contributed by atoms with Crippen LogP contribution < -0.4 is 10.1 Å². The third-order valence-corrected chi connectivity index (χ3v) is 3.10. The number of ether oxygens (including phenoxy) is 1. The zero-order valence-electron chi connectivity index (χ0n) is 11.5. The highest BCUT2D eigenvalue weighted by Crippen LogP contribution is 2.32. The first-order chi connectivity index (χ1) is 9.55. The van der Waals surface area contributed by atoms with Gasteiger partial charge in [-0.2, -0.15) is 4.98 Å². The molecule has 0 saturated heterocycles. The Hall–Kier alpha value is -1.88. The highest BCUT2D eigenvalue weighted by Gasteiger charge is 2.13. The number of aromatic nitrogens is 2. The number of hydrogen-bond donors (Lipinski definition) is 1. The summed E-state index contributed by atoms with van der Waals surface area (Å²) in [5, 5.41) is 3.20. The molecule has 0 saturated carbocycles. The number of nitrogens with zero attached hydrogens (tertiary/aromatic N) is 2. The number of hydrogen-bond acceptors (Lipinski definition) is 4.